The molecule has 0 aliphatic rings. The zero-order valence-corrected chi connectivity index (χ0v) is 16.3. The number of carbonyl (C=O) groups is 1. The standard InChI is InChI=1S/C21H19N3O3S/c1-14(20-7-4-10-28-20)24(2)21(25)18-11-16(27-23-18)13-26-19-6-3-5-15-12-22-9-8-17(15)19/h3-12,14H,13H2,1-2H3/t14-/m1/s1. The Morgan fingerprint density at radius 2 is 2.18 bits per heavy atom. The number of carbonyl (C=O) groups excluding carboxylic acids is 1. The fourth-order valence-electron chi connectivity index (χ4n) is 2.93. The predicted molar refractivity (Wildman–Crippen MR) is 107 cm³/mol. The smallest absolute Gasteiger partial charge is 0.276 e. The predicted octanol–water partition coefficient (Wildman–Crippen LogP) is 4.70. The van der Waals surface area contributed by atoms with Crippen molar-refractivity contribution in [2.45, 2.75) is 19.6 Å². The van der Waals surface area contributed by atoms with Gasteiger partial charge in [0.05, 0.1) is 6.04 Å². The van der Waals surface area contributed by atoms with Gasteiger partial charge in [-0.05, 0) is 30.5 Å². The van der Waals surface area contributed by atoms with Gasteiger partial charge in [-0.25, -0.2) is 0 Å². The minimum Gasteiger partial charge on any atom is -0.485 e. The Labute approximate surface area is 166 Å². The molecule has 1 atom stereocenters. The van der Waals surface area contributed by atoms with E-state index >= 15 is 0 Å². The molecule has 0 aliphatic carbocycles. The van der Waals surface area contributed by atoms with Gasteiger partial charge in [0.2, 0.25) is 0 Å². The summed E-state index contributed by atoms with van der Waals surface area (Å²) in [6, 6.07) is 13.3. The highest BCUT2D eigenvalue weighted by Gasteiger charge is 2.22. The first kappa shape index (κ1) is 18.2. The molecule has 1 aromatic carbocycles. The molecule has 3 aromatic heterocycles. The number of benzene rings is 1. The maximum absolute atomic E-state index is 12.7. The van der Waals surface area contributed by atoms with Crippen molar-refractivity contribution in [3.05, 3.63) is 76.6 Å². The van der Waals surface area contributed by atoms with Crippen molar-refractivity contribution in [1.29, 1.82) is 0 Å². The summed E-state index contributed by atoms with van der Waals surface area (Å²) in [4.78, 5) is 19.6. The van der Waals surface area contributed by atoms with E-state index in [9.17, 15) is 4.79 Å². The molecule has 0 saturated carbocycles. The van der Waals surface area contributed by atoms with Crippen LogP contribution in [0.1, 0.15) is 34.1 Å². The van der Waals surface area contributed by atoms with Crippen LogP contribution in [0.2, 0.25) is 0 Å². The topological polar surface area (TPSA) is 68.5 Å². The van der Waals surface area contributed by atoms with Crippen LogP contribution in [0.5, 0.6) is 5.75 Å². The minimum atomic E-state index is -0.188. The summed E-state index contributed by atoms with van der Waals surface area (Å²) in [5.74, 6) is 1.03. The average Bonchev–Trinajstić information content (AvgIpc) is 3.43. The molecule has 0 spiro atoms. The summed E-state index contributed by atoms with van der Waals surface area (Å²) in [5, 5.41) is 7.89. The van der Waals surface area contributed by atoms with Gasteiger partial charge in [0.25, 0.3) is 5.91 Å². The van der Waals surface area contributed by atoms with Crippen molar-refractivity contribution in [3.8, 4) is 5.75 Å². The molecule has 0 fully saturated rings. The van der Waals surface area contributed by atoms with Crippen molar-refractivity contribution >= 4 is 28.0 Å². The van der Waals surface area contributed by atoms with E-state index in [4.69, 9.17) is 9.26 Å². The zero-order valence-electron chi connectivity index (χ0n) is 15.5. The molecule has 0 bridgehead atoms. The van der Waals surface area contributed by atoms with E-state index in [2.05, 4.69) is 10.1 Å². The van der Waals surface area contributed by atoms with Crippen molar-refractivity contribution in [2.24, 2.45) is 0 Å². The van der Waals surface area contributed by atoms with Gasteiger partial charge in [-0.1, -0.05) is 23.4 Å². The first-order valence-electron chi connectivity index (χ1n) is 8.85. The summed E-state index contributed by atoms with van der Waals surface area (Å²) in [6.45, 7) is 2.18. The molecular weight excluding hydrogens is 374 g/mol. The molecule has 0 unspecified atom stereocenters. The van der Waals surface area contributed by atoms with Crippen LogP contribution in [0.4, 0.5) is 0 Å². The van der Waals surface area contributed by atoms with Crippen LogP contribution >= 0.6 is 11.3 Å². The van der Waals surface area contributed by atoms with Crippen molar-refractivity contribution in [2.75, 3.05) is 7.05 Å². The average molecular weight is 393 g/mol. The molecular formula is C21H19N3O3S. The molecule has 0 N–H and O–H groups in total. The monoisotopic (exact) mass is 393 g/mol. The lowest BCUT2D eigenvalue weighted by molar-refractivity contribution is 0.0734. The molecule has 28 heavy (non-hydrogen) atoms. The summed E-state index contributed by atoms with van der Waals surface area (Å²) >= 11 is 1.62. The number of rotatable bonds is 6. The molecule has 0 aliphatic heterocycles. The van der Waals surface area contributed by atoms with Crippen molar-refractivity contribution in [1.82, 2.24) is 15.0 Å². The lowest BCUT2D eigenvalue weighted by Crippen LogP contribution is -2.29. The highest BCUT2D eigenvalue weighted by Crippen LogP contribution is 2.26. The van der Waals surface area contributed by atoms with Gasteiger partial charge < -0.3 is 14.2 Å². The van der Waals surface area contributed by atoms with Gasteiger partial charge >= 0.3 is 0 Å². The zero-order chi connectivity index (χ0) is 19.5. The summed E-state index contributed by atoms with van der Waals surface area (Å²) < 4.78 is 11.2. The van der Waals surface area contributed by atoms with Gasteiger partial charge in [0.15, 0.2) is 11.5 Å². The molecule has 4 aromatic rings. The molecule has 4 rings (SSSR count). The number of amides is 1. The number of nitrogens with zero attached hydrogens (tertiary/aromatic N) is 3. The number of pyridine rings is 1. The highest BCUT2D eigenvalue weighted by atomic mass is 32.1. The van der Waals surface area contributed by atoms with E-state index in [1.165, 1.54) is 0 Å². The third-order valence-corrected chi connectivity index (χ3v) is 5.69. The van der Waals surface area contributed by atoms with Crippen LogP contribution < -0.4 is 4.74 Å². The van der Waals surface area contributed by atoms with Gasteiger partial charge in [-0.15, -0.1) is 11.3 Å². The van der Waals surface area contributed by atoms with E-state index in [0.717, 1.165) is 21.4 Å². The fraction of sp³-hybridized carbons (Fsp3) is 0.190. The van der Waals surface area contributed by atoms with Crippen molar-refractivity contribution < 1.29 is 14.1 Å². The fourth-order valence-corrected chi connectivity index (χ4v) is 3.75. The second-order valence-corrected chi connectivity index (χ2v) is 7.41. The number of thiophene rings is 1. The first-order chi connectivity index (χ1) is 13.6. The van der Waals surface area contributed by atoms with Gasteiger partial charge in [-0.3, -0.25) is 9.78 Å². The van der Waals surface area contributed by atoms with Crippen LogP contribution in [0, 0.1) is 0 Å². The normalized spacial score (nSPS) is 12.1. The van der Waals surface area contributed by atoms with Crippen LogP contribution in [0.15, 0.2) is 64.8 Å². The Morgan fingerprint density at radius 1 is 1.29 bits per heavy atom. The summed E-state index contributed by atoms with van der Waals surface area (Å²) in [7, 11) is 1.77. The number of fused-ring (bicyclic) bond motifs is 1. The van der Waals surface area contributed by atoms with Gasteiger partial charge in [0.1, 0.15) is 12.4 Å². The van der Waals surface area contributed by atoms with Crippen LogP contribution in [0.3, 0.4) is 0 Å². The summed E-state index contributed by atoms with van der Waals surface area (Å²) in [6.07, 6.45) is 3.52. The van der Waals surface area contributed by atoms with E-state index in [1.807, 2.05) is 48.7 Å². The Hall–Kier alpha value is -3.19. The largest absolute Gasteiger partial charge is 0.485 e. The van der Waals surface area contributed by atoms with Crippen LogP contribution in [-0.2, 0) is 6.61 Å². The summed E-state index contributed by atoms with van der Waals surface area (Å²) in [5.41, 5.74) is 0.270. The second kappa shape index (κ2) is 7.82. The number of hydrogen-bond donors (Lipinski definition) is 0. The van der Waals surface area contributed by atoms with Crippen molar-refractivity contribution in [3.63, 3.8) is 0 Å². The second-order valence-electron chi connectivity index (χ2n) is 6.43. The third kappa shape index (κ3) is 3.61. The molecule has 0 saturated heterocycles. The lowest BCUT2D eigenvalue weighted by atomic mass is 10.1. The molecule has 3 heterocycles. The minimum absolute atomic E-state index is 0.0341. The molecule has 142 valence electrons. The van der Waals surface area contributed by atoms with Crippen LogP contribution in [0.25, 0.3) is 10.8 Å². The lowest BCUT2D eigenvalue weighted by Gasteiger charge is -2.22. The number of aromatic nitrogens is 2. The third-order valence-electron chi connectivity index (χ3n) is 4.64. The first-order valence-corrected chi connectivity index (χ1v) is 9.73. The van der Waals surface area contributed by atoms with Gasteiger partial charge in [0, 0.05) is 41.2 Å². The Balaban J connectivity index is 1.45. The SMILES string of the molecule is C[C@H](c1cccs1)N(C)C(=O)c1cc(COc2cccc3cnccc23)on1. The molecule has 0 radical (unpaired) electrons. The van der Waals surface area contributed by atoms with E-state index in [1.54, 1.807) is 41.7 Å². The van der Waals surface area contributed by atoms with E-state index in [0.29, 0.717) is 5.76 Å². The molecule has 6 nitrogen and oxygen atoms in total. The maximum atomic E-state index is 12.7. The number of ether oxygens (including phenoxy) is 1. The Morgan fingerprint density at radius 3 is 3.00 bits per heavy atom. The molecule has 1 amide bonds. The van der Waals surface area contributed by atoms with E-state index in [-0.39, 0.29) is 24.2 Å². The van der Waals surface area contributed by atoms with Gasteiger partial charge in [-0.2, -0.15) is 0 Å². The maximum Gasteiger partial charge on any atom is 0.276 e. The van der Waals surface area contributed by atoms with E-state index < -0.39 is 0 Å². The Bertz CT molecular complexity index is 1090. The Kier molecular flexibility index (Phi) is 5.08. The quantitative estimate of drug-likeness (QED) is 0.475. The highest BCUT2D eigenvalue weighted by molar-refractivity contribution is 7.10. The van der Waals surface area contributed by atoms with Crippen LogP contribution in [-0.4, -0.2) is 28.0 Å². The number of hydrogen-bond acceptors (Lipinski definition) is 6. The molecule has 7 heteroatoms.